The van der Waals surface area contributed by atoms with Gasteiger partial charge >= 0.3 is 5.69 Å². The highest BCUT2D eigenvalue weighted by molar-refractivity contribution is 5.02. The highest BCUT2D eigenvalue weighted by Gasteiger charge is 2.52. The van der Waals surface area contributed by atoms with Crippen molar-refractivity contribution in [1.29, 1.82) is 0 Å². The van der Waals surface area contributed by atoms with E-state index in [4.69, 9.17) is 10.3 Å². The van der Waals surface area contributed by atoms with Crippen molar-refractivity contribution in [2.45, 2.75) is 24.2 Å². The molecule has 2 heterocycles. The van der Waals surface area contributed by atoms with Crippen LogP contribution in [-0.4, -0.2) is 37.7 Å². The van der Waals surface area contributed by atoms with Gasteiger partial charge < -0.3 is 14.9 Å². The SMILES string of the molecule is [CH2][C@@]1(N=[N+]=[N-])O[C@@H](n2ccc(=O)[nH]c2=O)[C@H](O)[C@@H]1O. The Labute approximate surface area is 105 Å². The van der Waals surface area contributed by atoms with Crippen molar-refractivity contribution in [3.8, 4) is 0 Å². The van der Waals surface area contributed by atoms with Gasteiger partial charge in [0.25, 0.3) is 5.56 Å². The van der Waals surface area contributed by atoms with Gasteiger partial charge in [-0.25, -0.2) is 4.79 Å². The van der Waals surface area contributed by atoms with E-state index in [2.05, 4.69) is 16.9 Å². The Morgan fingerprint density at radius 3 is 2.84 bits per heavy atom. The molecule has 1 radical (unpaired) electrons. The van der Waals surface area contributed by atoms with Gasteiger partial charge in [0.15, 0.2) is 12.0 Å². The molecule has 1 saturated heterocycles. The fourth-order valence-corrected chi connectivity index (χ4v) is 1.78. The Morgan fingerprint density at radius 1 is 1.58 bits per heavy atom. The van der Waals surface area contributed by atoms with Crippen LogP contribution in [0.25, 0.3) is 10.4 Å². The number of hydrogen-bond acceptors (Lipinski definition) is 6. The fourth-order valence-electron chi connectivity index (χ4n) is 1.78. The van der Waals surface area contributed by atoms with Gasteiger partial charge in [-0.2, -0.15) is 0 Å². The maximum atomic E-state index is 11.6. The van der Waals surface area contributed by atoms with Gasteiger partial charge in [-0.3, -0.25) is 14.3 Å². The quantitative estimate of drug-likeness (QED) is 0.343. The summed E-state index contributed by atoms with van der Waals surface area (Å²) < 4.78 is 5.99. The number of rotatable bonds is 2. The average molecular weight is 268 g/mol. The molecule has 0 spiro atoms. The molecule has 0 aliphatic carbocycles. The van der Waals surface area contributed by atoms with Crippen LogP contribution in [0.1, 0.15) is 6.23 Å². The van der Waals surface area contributed by atoms with Gasteiger partial charge in [-0.15, -0.1) is 0 Å². The van der Waals surface area contributed by atoms with E-state index in [9.17, 15) is 19.8 Å². The number of aromatic amines is 1. The fraction of sp³-hybridized carbons (Fsp3) is 0.444. The normalized spacial score (nSPS) is 33.9. The molecule has 4 atom stereocenters. The molecule has 0 aromatic carbocycles. The van der Waals surface area contributed by atoms with Gasteiger partial charge in [0, 0.05) is 17.2 Å². The molecule has 1 aromatic heterocycles. The van der Waals surface area contributed by atoms with E-state index >= 15 is 0 Å². The van der Waals surface area contributed by atoms with Crippen LogP contribution in [-0.2, 0) is 4.74 Å². The molecular formula is C9H10N5O5. The largest absolute Gasteiger partial charge is 0.387 e. The number of aliphatic hydroxyl groups is 2. The average Bonchev–Trinajstić information content (AvgIpc) is 2.55. The van der Waals surface area contributed by atoms with Gasteiger partial charge in [-0.05, 0) is 12.5 Å². The zero-order chi connectivity index (χ0) is 14.2. The zero-order valence-electron chi connectivity index (χ0n) is 9.50. The number of aromatic nitrogens is 2. The van der Waals surface area contributed by atoms with Crippen LogP contribution in [0.15, 0.2) is 27.0 Å². The van der Waals surface area contributed by atoms with E-state index in [-0.39, 0.29) is 0 Å². The van der Waals surface area contributed by atoms with Crippen LogP contribution in [0.4, 0.5) is 0 Å². The molecule has 3 N–H and O–H groups in total. The summed E-state index contributed by atoms with van der Waals surface area (Å²) in [6.07, 6.45) is -3.41. The number of azide groups is 1. The van der Waals surface area contributed by atoms with Crippen LogP contribution in [0.2, 0.25) is 0 Å². The van der Waals surface area contributed by atoms with Gasteiger partial charge in [-0.1, -0.05) is 5.11 Å². The van der Waals surface area contributed by atoms with Crippen molar-refractivity contribution < 1.29 is 14.9 Å². The van der Waals surface area contributed by atoms with Crippen LogP contribution < -0.4 is 11.2 Å². The number of H-pyrrole nitrogens is 1. The topological polar surface area (TPSA) is 153 Å². The van der Waals surface area contributed by atoms with E-state index in [1.807, 2.05) is 4.98 Å². The maximum Gasteiger partial charge on any atom is 0.330 e. The standard InChI is InChI=1S/C9H10N5O5/c1-9(12-13-10)6(17)5(16)7(19-9)14-3-2-4(15)11-8(14)18/h2-3,5-7,16-17H,1H2,(H,11,15,18)/t5-,6+,7-,9-/m1/s1. The third-order valence-electron chi connectivity index (χ3n) is 2.74. The number of ether oxygens (including phenoxy) is 1. The summed E-state index contributed by atoms with van der Waals surface area (Å²) in [5.74, 6) is 0. The van der Waals surface area contributed by atoms with Crippen LogP contribution in [0.3, 0.4) is 0 Å². The Morgan fingerprint density at radius 2 is 2.26 bits per heavy atom. The second-order valence-corrected chi connectivity index (χ2v) is 4.00. The minimum absolute atomic E-state index is 0.620. The Bertz CT molecular complexity index is 647. The molecule has 0 unspecified atom stereocenters. The second kappa shape index (κ2) is 4.52. The first kappa shape index (κ1) is 13.3. The van der Waals surface area contributed by atoms with E-state index < -0.39 is 35.4 Å². The van der Waals surface area contributed by atoms with Crippen molar-refractivity contribution in [2.75, 3.05) is 0 Å². The molecule has 10 nitrogen and oxygen atoms in total. The summed E-state index contributed by atoms with van der Waals surface area (Å²) in [4.78, 5) is 26.9. The molecule has 10 heteroatoms. The molecule has 0 amide bonds. The van der Waals surface area contributed by atoms with Crippen molar-refractivity contribution in [3.05, 3.63) is 50.5 Å². The summed E-state index contributed by atoms with van der Waals surface area (Å²) in [7, 11) is 0. The molecule has 101 valence electrons. The number of nitrogens with zero attached hydrogens (tertiary/aromatic N) is 4. The van der Waals surface area contributed by atoms with Crippen LogP contribution in [0, 0.1) is 6.92 Å². The monoisotopic (exact) mass is 268 g/mol. The molecule has 1 aromatic rings. The predicted octanol–water partition coefficient (Wildman–Crippen LogP) is -1.37. The Balaban J connectivity index is 2.45. The van der Waals surface area contributed by atoms with Crippen molar-refractivity contribution >= 4 is 0 Å². The second-order valence-electron chi connectivity index (χ2n) is 4.00. The number of hydrogen-bond donors (Lipinski definition) is 3. The molecule has 0 bridgehead atoms. The van der Waals surface area contributed by atoms with Gasteiger partial charge in [0.05, 0.1) is 0 Å². The molecule has 2 rings (SSSR count). The third kappa shape index (κ3) is 2.13. The van der Waals surface area contributed by atoms with Crippen molar-refractivity contribution in [3.63, 3.8) is 0 Å². The minimum Gasteiger partial charge on any atom is -0.387 e. The smallest absolute Gasteiger partial charge is 0.330 e. The molecular weight excluding hydrogens is 258 g/mol. The van der Waals surface area contributed by atoms with E-state index in [1.54, 1.807) is 0 Å². The summed E-state index contributed by atoms with van der Waals surface area (Å²) in [6.45, 7) is 3.37. The first-order chi connectivity index (χ1) is 8.89. The molecule has 1 fully saturated rings. The zero-order valence-corrected chi connectivity index (χ0v) is 9.50. The summed E-state index contributed by atoms with van der Waals surface area (Å²) in [5.41, 5.74) is 4.96. The molecule has 1 aliphatic rings. The lowest BCUT2D eigenvalue weighted by atomic mass is 10.1. The highest BCUT2D eigenvalue weighted by atomic mass is 16.6. The Kier molecular flexibility index (Phi) is 3.16. The van der Waals surface area contributed by atoms with Crippen molar-refractivity contribution in [1.82, 2.24) is 9.55 Å². The number of aliphatic hydroxyl groups excluding tert-OH is 2. The predicted molar refractivity (Wildman–Crippen MR) is 60.7 cm³/mol. The summed E-state index contributed by atoms with van der Waals surface area (Å²) in [5, 5.41) is 22.7. The van der Waals surface area contributed by atoms with E-state index in [1.165, 1.54) is 0 Å². The van der Waals surface area contributed by atoms with E-state index in [0.29, 0.717) is 0 Å². The minimum atomic E-state index is -1.95. The lowest BCUT2D eigenvalue weighted by Gasteiger charge is -2.20. The van der Waals surface area contributed by atoms with Crippen LogP contribution in [0.5, 0.6) is 0 Å². The summed E-state index contributed by atoms with van der Waals surface area (Å²) in [6, 6.07) is 1.04. The van der Waals surface area contributed by atoms with Crippen molar-refractivity contribution in [2.24, 2.45) is 5.11 Å². The first-order valence-corrected chi connectivity index (χ1v) is 5.16. The molecule has 0 saturated carbocycles. The van der Waals surface area contributed by atoms with Gasteiger partial charge in [0.1, 0.15) is 12.2 Å². The lowest BCUT2D eigenvalue weighted by Crippen LogP contribution is -2.39. The summed E-state index contributed by atoms with van der Waals surface area (Å²) >= 11 is 0. The lowest BCUT2D eigenvalue weighted by molar-refractivity contribution is -0.0747. The van der Waals surface area contributed by atoms with Crippen LogP contribution >= 0.6 is 0 Å². The molecule has 1 aliphatic heterocycles. The first-order valence-electron chi connectivity index (χ1n) is 5.16. The highest BCUT2D eigenvalue weighted by Crippen LogP contribution is 2.36. The maximum absolute atomic E-state index is 11.6. The van der Waals surface area contributed by atoms with Gasteiger partial charge in [0.2, 0.25) is 0 Å². The molecule has 19 heavy (non-hydrogen) atoms. The third-order valence-corrected chi connectivity index (χ3v) is 2.74. The Hall–Kier alpha value is -2.13. The van der Waals surface area contributed by atoms with E-state index in [0.717, 1.165) is 16.8 Å². The number of nitrogens with one attached hydrogen (secondary N) is 1.